The Morgan fingerprint density at radius 2 is 2.00 bits per heavy atom. The molecule has 1 aliphatic rings. The fraction of sp³-hybridized carbons (Fsp3) is 0.471. The summed E-state index contributed by atoms with van der Waals surface area (Å²) < 4.78 is 0. The molecule has 1 fully saturated rings. The predicted octanol–water partition coefficient (Wildman–Crippen LogP) is 2.90. The molecule has 0 radical (unpaired) electrons. The summed E-state index contributed by atoms with van der Waals surface area (Å²) in [5.74, 6) is 0.146. The smallest absolute Gasteiger partial charge is 0.247 e. The highest BCUT2D eigenvalue weighted by molar-refractivity contribution is 6.30. The Hall–Kier alpha value is -2.46. The Morgan fingerprint density at radius 3 is 2.64 bits per heavy atom. The summed E-state index contributed by atoms with van der Waals surface area (Å²) in [4.78, 5) is 13.8. The van der Waals surface area contributed by atoms with Gasteiger partial charge in [0, 0.05) is 10.6 Å². The molecule has 7 nitrogen and oxygen atoms in total. The van der Waals surface area contributed by atoms with Crippen molar-refractivity contribution in [1.29, 1.82) is 5.26 Å². The van der Waals surface area contributed by atoms with Crippen molar-refractivity contribution >= 4 is 17.5 Å². The molecule has 0 aliphatic heterocycles. The normalized spacial score (nSPS) is 17.5. The van der Waals surface area contributed by atoms with Crippen LogP contribution < -0.4 is 5.32 Å². The molecule has 0 saturated heterocycles. The molecule has 130 valence electrons. The third kappa shape index (κ3) is 3.80. The lowest BCUT2D eigenvalue weighted by molar-refractivity contribution is -0.126. The first-order valence-corrected chi connectivity index (χ1v) is 8.69. The molecule has 1 atom stereocenters. The van der Waals surface area contributed by atoms with E-state index in [1.54, 1.807) is 31.2 Å². The number of hydrogen-bond acceptors (Lipinski definition) is 5. The van der Waals surface area contributed by atoms with Gasteiger partial charge < -0.3 is 5.32 Å². The third-order valence-corrected chi connectivity index (χ3v) is 4.79. The summed E-state index contributed by atoms with van der Waals surface area (Å²) in [7, 11) is 0. The molecule has 25 heavy (non-hydrogen) atoms. The number of nitrogens with zero attached hydrogens (tertiary/aromatic N) is 5. The summed E-state index contributed by atoms with van der Waals surface area (Å²) >= 11 is 5.87. The third-order valence-electron chi connectivity index (χ3n) is 4.54. The molecule has 1 amide bonds. The van der Waals surface area contributed by atoms with Gasteiger partial charge in [-0.2, -0.15) is 10.1 Å². The van der Waals surface area contributed by atoms with Crippen molar-refractivity contribution in [2.24, 2.45) is 0 Å². The lowest BCUT2D eigenvalue weighted by Gasteiger charge is -2.32. The van der Waals surface area contributed by atoms with Gasteiger partial charge in [-0.3, -0.25) is 4.79 Å². The summed E-state index contributed by atoms with van der Waals surface area (Å²) in [6.45, 7) is 1.69. The van der Waals surface area contributed by atoms with E-state index in [2.05, 4.69) is 26.8 Å². The van der Waals surface area contributed by atoms with Crippen molar-refractivity contribution in [3.8, 4) is 17.5 Å². The minimum absolute atomic E-state index is 0.275. The van der Waals surface area contributed by atoms with Crippen LogP contribution in [-0.4, -0.2) is 31.7 Å². The second-order valence-electron chi connectivity index (χ2n) is 6.36. The van der Waals surface area contributed by atoms with Crippen LogP contribution in [0.3, 0.4) is 0 Å². The van der Waals surface area contributed by atoms with Crippen molar-refractivity contribution in [2.75, 3.05) is 0 Å². The van der Waals surface area contributed by atoms with E-state index in [0.717, 1.165) is 24.8 Å². The Bertz CT molecular complexity index is 788. The molecule has 1 N–H and O–H groups in total. The van der Waals surface area contributed by atoms with Crippen molar-refractivity contribution < 1.29 is 4.79 Å². The number of nitriles is 1. The van der Waals surface area contributed by atoms with Crippen LogP contribution in [0.5, 0.6) is 0 Å². The average Bonchev–Trinajstić information content (AvgIpc) is 3.12. The Labute approximate surface area is 151 Å². The molecule has 1 aromatic heterocycles. The molecule has 1 unspecified atom stereocenters. The van der Waals surface area contributed by atoms with Crippen molar-refractivity contribution in [3.63, 3.8) is 0 Å². The van der Waals surface area contributed by atoms with E-state index in [4.69, 9.17) is 11.6 Å². The van der Waals surface area contributed by atoms with Gasteiger partial charge in [-0.25, -0.2) is 0 Å². The Morgan fingerprint density at radius 1 is 1.32 bits per heavy atom. The molecule has 1 aliphatic carbocycles. The summed E-state index contributed by atoms with van der Waals surface area (Å²) in [5, 5.41) is 25.3. The van der Waals surface area contributed by atoms with Crippen molar-refractivity contribution in [3.05, 3.63) is 29.3 Å². The fourth-order valence-corrected chi connectivity index (χ4v) is 3.09. The molecule has 3 rings (SSSR count). The van der Waals surface area contributed by atoms with E-state index in [9.17, 15) is 10.1 Å². The van der Waals surface area contributed by atoms with E-state index in [-0.39, 0.29) is 5.91 Å². The van der Waals surface area contributed by atoms with Crippen LogP contribution in [0.2, 0.25) is 5.02 Å². The lowest BCUT2D eigenvalue weighted by atomic mass is 9.82. The van der Waals surface area contributed by atoms with E-state index >= 15 is 0 Å². The van der Waals surface area contributed by atoms with Gasteiger partial charge >= 0.3 is 0 Å². The van der Waals surface area contributed by atoms with Crippen molar-refractivity contribution in [1.82, 2.24) is 25.5 Å². The van der Waals surface area contributed by atoms with Crippen LogP contribution in [0.15, 0.2) is 24.3 Å². The highest BCUT2D eigenvalue weighted by Crippen LogP contribution is 2.28. The Balaban J connectivity index is 1.72. The zero-order chi connectivity index (χ0) is 17.9. The number of rotatable bonds is 4. The first-order chi connectivity index (χ1) is 12.0. The van der Waals surface area contributed by atoms with Crippen LogP contribution in [0.25, 0.3) is 11.4 Å². The first-order valence-electron chi connectivity index (χ1n) is 8.32. The largest absolute Gasteiger partial charge is 0.336 e. The molecular weight excluding hydrogens is 340 g/mol. The quantitative estimate of drug-likeness (QED) is 0.906. The molecule has 2 aromatic rings. The number of aromatic nitrogens is 4. The second-order valence-corrected chi connectivity index (χ2v) is 6.80. The predicted molar refractivity (Wildman–Crippen MR) is 92.5 cm³/mol. The molecule has 1 heterocycles. The van der Waals surface area contributed by atoms with Crippen molar-refractivity contribution in [2.45, 2.75) is 50.6 Å². The topological polar surface area (TPSA) is 96.5 Å². The van der Waals surface area contributed by atoms with E-state index in [1.807, 2.05) is 0 Å². The maximum absolute atomic E-state index is 12.6. The van der Waals surface area contributed by atoms with Gasteiger partial charge in [-0.1, -0.05) is 30.9 Å². The standard InChI is InChI=1S/C17H19ClN6O/c1-12(16(25)20-17(11-19)9-3-2-4-10-17)24-22-15(21-23-24)13-5-7-14(18)8-6-13/h5-8,12H,2-4,9-10H2,1H3,(H,20,25). The maximum atomic E-state index is 12.6. The summed E-state index contributed by atoms with van der Waals surface area (Å²) in [5.41, 5.74) is -0.00700. The number of tetrazole rings is 1. The number of nitrogens with one attached hydrogen (secondary N) is 1. The number of hydrogen-bond donors (Lipinski definition) is 1. The van der Waals surface area contributed by atoms with Gasteiger partial charge in [0.1, 0.15) is 11.6 Å². The lowest BCUT2D eigenvalue weighted by Crippen LogP contribution is -2.50. The maximum Gasteiger partial charge on any atom is 0.247 e. The highest BCUT2D eigenvalue weighted by Gasteiger charge is 2.35. The highest BCUT2D eigenvalue weighted by atomic mass is 35.5. The van der Waals surface area contributed by atoms with Crippen LogP contribution in [0, 0.1) is 11.3 Å². The molecular formula is C17H19ClN6O. The zero-order valence-electron chi connectivity index (χ0n) is 13.9. The van der Waals surface area contributed by atoms with E-state index < -0.39 is 11.6 Å². The monoisotopic (exact) mass is 358 g/mol. The second kappa shape index (κ2) is 7.19. The fourth-order valence-electron chi connectivity index (χ4n) is 2.97. The van der Waals surface area contributed by atoms with Crippen LogP contribution in [0.1, 0.15) is 45.1 Å². The SMILES string of the molecule is CC(C(=O)NC1(C#N)CCCCC1)n1nnc(-c2ccc(Cl)cc2)n1. The van der Waals surface area contributed by atoms with Crippen LogP contribution in [0.4, 0.5) is 0 Å². The number of benzene rings is 1. The van der Waals surface area contributed by atoms with Gasteiger partial charge in [0.05, 0.1) is 6.07 Å². The molecule has 0 bridgehead atoms. The van der Waals surface area contributed by atoms with E-state index in [0.29, 0.717) is 23.7 Å². The zero-order valence-corrected chi connectivity index (χ0v) is 14.7. The molecule has 1 aromatic carbocycles. The first kappa shape index (κ1) is 17.4. The summed E-state index contributed by atoms with van der Waals surface area (Å²) in [6, 6.07) is 8.70. The molecule has 1 saturated carbocycles. The van der Waals surface area contributed by atoms with Gasteiger partial charge in [0.15, 0.2) is 0 Å². The molecule has 8 heteroatoms. The minimum Gasteiger partial charge on any atom is -0.336 e. The number of halogens is 1. The molecule has 0 spiro atoms. The average molecular weight is 359 g/mol. The number of carbonyl (C=O) groups excluding carboxylic acids is 1. The minimum atomic E-state index is -0.775. The van der Waals surface area contributed by atoms with Crippen LogP contribution in [-0.2, 0) is 4.79 Å². The number of carbonyl (C=O) groups is 1. The Kier molecular flexibility index (Phi) is 5.00. The van der Waals surface area contributed by atoms with Gasteiger partial charge in [-0.15, -0.1) is 10.2 Å². The van der Waals surface area contributed by atoms with Gasteiger partial charge in [-0.05, 0) is 49.2 Å². The van der Waals surface area contributed by atoms with Gasteiger partial charge in [0.2, 0.25) is 11.7 Å². The number of amides is 1. The van der Waals surface area contributed by atoms with E-state index in [1.165, 1.54) is 4.80 Å². The summed E-state index contributed by atoms with van der Waals surface area (Å²) in [6.07, 6.45) is 4.37. The van der Waals surface area contributed by atoms with Crippen LogP contribution >= 0.6 is 11.6 Å². The van der Waals surface area contributed by atoms with Gasteiger partial charge in [0.25, 0.3) is 0 Å².